The Bertz CT molecular complexity index is 9.65. The molecule has 0 aliphatic carbocycles. The summed E-state index contributed by atoms with van der Waals surface area (Å²) in [6, 6.07) is 0. The molecule has 0 aromatic heterocycles. The molecule has 0 atom stereocenters. The van der Waals surface area contributed by atoms with Crippen LogP contribution in [0.2, 0.25) is 0 Å². The summed E-state index contributed by atoms with van der Waals surface area (Å²) < 4.78 is 8.17. The van der Waals surface area contributed by atoms with Crippen LogP contribution in [0.4, 0.5) is 0 Å². The fraction of sp³-hybridized carbons (Fsp3) is 1.00. The summed E-state index contributed by atoms with van der Waals surface area (Å²) in [6.45, 7) is 0. The second-order valence-corrected chi connectivity index (χ2v) is 0. The van der Waals surface area contributed by atoms with Gasteiger partial charge in [0.25, 0.3) is 0 Å². The summed E-state index contributed by atoms with van der Waals surface area (Å²) in [6.07, 6.45) is 0. The number of hydrogen-bond donors (Lipinski definition) is 0. The summed E-state index contributed by atoms with van der Waals surface area (Å²) in [4.78, 5) is 0. The molecule has 0 spiro atoms. The van der Waals surface area contributed by atoms with Gasteiger partial charge in [-0.3, -0.25) is 0 Å². The van der Waals surface area contributed by atoms with E-state index in [0.717, 1.165) is 0 Å². The summed E-state index contributed by atoms with van der Waals surface area (Å²) in [7, 11) is 0. The van der Waals surface area contributed by atoms with Crippen LogP contribution in [0.3, 0.4) is 0 Å². The molecule has 0 fully saturated rings. The van der Waals surface area contributed by atoms with Gasteiger partial charge in [-0.05, 0) is 0 Å². The fourth-order valence-corrected chi connectivity index (χ4v) is 0. The van der Waals surface area contributed by atoms with Crippen LogP contribution in [0.15, 0.2) is 0 Å². The first kappa shape index (κ1) is 116. The van der Waals surface area contributed by atoms with Crippen molar-refractivity contribution in [3.05, 3.63) is 0 Å². The van der Waals surface area contributed by atoms with E-state index in [9.17, 15) is 0 Å². The van der Waals surface area contributed by atoms with Gasteiger partial charge in [-0.15, -0.1) is 0 Å². The van der Waals surface area contributed by atoms with Crippen molar-refractivity contribution in [1.82, 2.24) is 0 Å². The van der Waals surface area contributed by atoms with Crippen LogP contribution < -0.4 is 0 Å². The van der Waals surface area contributed by atoms with Crippen molar-refractivity contribution in [3.63, 3.8) is 0 Å². The molecule has 0 heterocycles. The Labute approximate surface area is 61.6 Å². The molecule has 0 bridgehead atoms. The first-order valence-electron chi connectivity index (χ1n) is 0.236. The van der Waals surface area contributed by atoms with Crippen LogP contribution in [-0.4, -0.2) is 50.0 Å². The van der Waals surface area contributed by atoms with E-state index in [1.54, 1.807) is 0 Å². The molecule has 4 nitrogen and oxygen atoms in total. The Balaban J connectivity index is -0.000000000500. The van der Waals surface area contributed by atoms with Gasteiger partial charge in [-0.2, -0.15) is 0 Å². The number of rotatable bonds is 0. The van der Waals surface area contributed by atoms with E-state index in [-0.39, 0.29) is 41.2 Å². The van der Waals surface area contributed by atoms with E-state index >= 15 is 0 Å². The van der Waals surface area contributed by atoms with Crippen molar-refractivity contribution in [2.75, 3.05) is 0 Å². The zero-order valence-electron chi connectivity index (χ0n) is 3.06. The standard InChI is InChI=1S/CH4.2Al.3H2O.O/h1H4;;;3*1H2;. The van der Waals surface area contributed by atoms with Gasteiger partial charge < -0.3 is 16.4 Å². The van der Waals surface area contributed by atoms with Crippen molar-refractivity contribution in [2.24, 2.45) is 0 Å². The maximum absolute atomic E-state index is 8.17. The SMILES string of the molecule is C.O.O.O.[Al].[O]=[Al]. The third kappa shape index (κ3) is 274. The average Bonchev–Trinajstić information content (AvgIpc) is 1.00. The molecule has 0 rings (SSSR count). The molecule has 6 N–H and O–H groups in total. The molecule has 0 amide bonds. The minimum absolute atomic E-state index is 0. The van der Waals surface area contributed by atoms with E-state index in [0.29, 0.717) is 0 Å². The van der Waals surface area contributed by atoms with Crippen LogP contribution in [0.25, 0.3) is 0 Å². The normalized spacial score (nSPS) is 0.429. The molecular weight excluding hydrogens is 130 g/mol. The molecule has 0 aliphatic heterocycles. The predicted octanol–water partition coefficient (Wildman–Crippen LogP) is -2.72. The van der Waals surface area contributed by atoms with Crippen molar-refractivity contribution in [1.29, 1.82) is 0 Å². The van der Waals surface area contributed by atoms with Gasteiger partial charge in [-0.25, -0.2) is 0 Å². The van der Waals surface area contributed by atoms with Crippen LogP contribution in [0.5, 0.6) is 0 Å². The van der Waals surface area contributed by atoms with Gasteiger partial charge in [0.2, 0.25) is 0 Å². The maximum atomic E-state index is 8.17. The zero-order chi connectivity index (χ0) is 2.00. The molecule has 4 radical (unpaired) electrons. The second kappa shape index (κ2) is 401. The first-order valence-corrected chi connectivity index (χ1v) is 0.707. The van der Waals surface area contributed by atoms with Gasteiger partial charge in [0, 0.05) is 17.4 Å². The third-order valence-electron chi connectivity index (χ3n) is 0. The molecule has 0 saturated carbocycles. The second-order valence-electron chi connectivity index (χ2n) is 0. The number of hydrogen-bond acceptors (Lipinski definition) is 1. The van der Waals surface area contributed by atoms with Crippen LogP contribution in [0, 0.1) is 0 Å². The summed E-state index contributed by atoms with van der Waals surface area (Å²) >= 11 is 1.17. The Morgan fingerprint density at radius 3 is 0.857 bits per heavy atom. The Morgan fingerprint density at radius 2 is 0.857 bits per heavy atom. The molecule has 6 heteroatoms. The molecular formula is CH10Al2O4. The van der Waals surface area contributed by atoms with E-state index in [1.807, 2.05) is 0 Å². The van der Waals surface area contributed by atoms with Crippen molar-refractivity contribution in [3.8, 4) is 0 Å². The quantitative estimate of drug-likeness (QED) is 0.334. The van der Waals surface area contributed by atoms with Gasteiger partial charge in [0.1, 0.15) is 0 Å². The first-order chi connectivity index (χ1) is 1.00. The third-order valence-corrected chi connectivity index (χ3v) is 0. The minimum atomic E-state index is 0. The topological polar surface area (TPSA) is 112 Å². The van der Waals surface area contributed by atoms with Gasteiger partial charge >= 0.3 is 20.0 Å². The zero-order valence-corrected chi connectivity index (χ0v) is 5.37. The Hall–Kier alpha value is 0.745. The van der Waals surface area contributed by atoms with Crippen LogP contribution in [-0.2, 0) is 3.80 Å². The van der Waals surface area contributed by atoms with Gasteiger partial charge in [0.05, 0.1) is 0 Å². The van der Waals surface area contributed by atoms with E-state index in [4.69, 9.17) is 3.80 Å². The summed E-state index contributed by atoms with van der Waals surface area (Å²) in [5, 5.41) is 0. The van der Waals surface area contributed by atoms with Crippen molar-refractivity contribution in [2.45, 2.75) is 7.43 Å². The van der Waals surface area contributed by atoms with E-state index in [1.165, 1.54) is 16.2 Å². The average molecular weight is 140 g/mol. The van der Waals surface area contributed by atoms with Crippen molar-refractivity contribution >= 4 is 33.6 Å². The predicted molar refractivity (Wildman–Crippen MR) is 29.8 cm³/mol. The molecule has 0 aromatic carbocycles. The monoisotopic (exact) mass is 140 g/mol. The van der Waals surface area contributed by atoms with E-state index < -0.39 is 0 Å². The van der Waals surface area contributed by atoms with Crippen LogP contribution in [0.1, 0.15) is 7.43 Å². The van der Waals surface area contributed by atoms with E-state index in [2.05, 4.69) is 0 Å². The molecule has 0 saturated heterocycles. The molecule has 0 aliphatic rings. The van der Waals surface area contributed by atoms with Gasteiger partial charge in [-0.1, -0.05) is 7.43 Å². The molecule has 7 heavy (non-hydrogen) atoms. The molecule has 0 unspecified atom stereocenters. The van der Waals surface area contributed by atoms with Crippen LogP contribution >= 0.6 is 0 Å². The van der Waals surface area contributed by atoms with Crippen molar-refractivity contribution < 1.29 is 20.2 Å². The van der Waals surface area contributed by atoms with Gasteiger partial charge in [0.15, 0.2) is 0 Å². The summed E-state index contributed by atoms with van der Waals surface area (Å²) in [5.74, 6) is 0. The Kier molecular flexibility index (Phi) is 6630. The molecule has 44 valence electrons. The summed E-state index contributed by atoms with van der Waals surface area (Å²) in [5.41, 5.74) is 0. The molecule has 0 aromatic rings. The fourth-order valence-electron chi connectivity index (χ4n) is 0. The Morgan fingerprint density at radius 1 is 0.857 bits per heavy atom.